The molecule has 0 amide bonds. The van der Waals surface area contributed by atoms with Crippen LogP contribution >= 0.6 is 0 Å². The first-order chi connectivity index (χ1) is 7.88. The van der Waals surface area contributed by atoms with Crippen LogP contribution in [0.2, 0.25) is 0 Å². The number of hydrogen-bond acceptors (Lipinski definition) is 3. The van der Waals surface area contributed by atoms with Crippen LogP contribution in [0, 0.1) is 0 Å². The maximum Gasteiger partial charge on any atom is 0.522 e. The van der Waals surface area contributed by atoms with E-state index in [2.05, 4.69) is 4.74 Å². The second-order valence-electron chi connectivity index (χ2n) is 4.39. The highest BCUT2D eigenvalue weighted by Gasteiger charge is 2.30. The topological polar surface area (TPSA) is 29.5 Å². The summed E-state index contributed by atoms with van der Waals surface area (Å²) < 4.78 is 39.2. The second kappa shape index (κ2) is 6.35. The molecule has 0 aliphatic carbocycles. The zero-order valence-corrected chi connectivity index (χ0v) is 9.92. The number of Topliss-reactive ketones (excluding diaryl/α,β-unsaturated/α-hetero) is 1. The van der Waals surface area contributed by atoms with Gasteiger partial charge >= 0.3 is 6.36 Å². The van der Waals surface area contributed by atoms with E-state index < -0.39 is 6.36 Å². The van der Waals surface area contributed by atoms with Crippen LogP contribution in [0.3, 0.4) is 0 Å². The van der Waals surface area contributed by atoms with Gasteiger partial charge in [-0.25, -0.2) is 0 Å². The molecule has 0 aromatic carbocycles. The van der Waals surface area contributed by atoms with Crippen LogP contribution in [0.4, 0.5) is 13.2 Å². The molecular weight excluding hydrogens is 235 g/mol. The highest BCUT2D eigenvalue weighted by molar-refractivity contribution is 5.76. The van der Waals surface area contributed by atoms with Crippen molar-refractivity contribution in [2.75, 3.05) is 19.7 Å². The van der Waals surface area contributed by atoms with Crippen molar-refractivity contribution in [3.63, 3.8) is 0 Å². The van der Waals surface area contributed by atoms with Crippen molar-refractivity contribution in [2.45, 2.75) is 45.0 Å². The van der Waals surface area contributed by atoms with E-state index in [4.69, 9.17) is 0 Å². The average molecular weight is 253 g/mol. The number of carbonyl (C=O) groups is 1. The number of rotatable bonds is 5. The highest BCUT2D eigenvalue weighted by atomic mass is 19.4. The molecule has 1 aliphatic heterocycles. The molecule has 1 fully saturated rings. The Kier molecular flexibility index (Phi) is 5.39. The fourth-order valence-corrected chi connectivity index (χ4v) is 2.20. The summed E-state index contributed by atoms with van der Waals surface area (Å²) in [7, 11) is 0. The third-order valence-corrected chi connectivity index (χ3v) is 2.92. The van der Waals surface area contributed by atoms with E-state index in [9.17, 15) is 18.0 Å². The summed E-state index contributed by atoms with van der Waals surface area (Å²) in [6.07, 6.45) is -1.25. The number of ketones is 1. The standard InChI is InChI=1S/C11H18F3NO2/c1-9(16)8-10-4-2-3-5-15(10)6-7-17-11(12,13)14/h10H,2-8H2,1H3. The summed E-state index contributed by atoms with van der Waals surface area (Å²) in [5.74, 6) is 0.0821. The first-order valence-electron chi connectivity index (χ1n) is 5.82. The van der Waals surface area contributed by atoms with Crippen molar-refractivity contribution in [2.24, 2.45) is 0 Å². The first kappa shape index (κ1) is 14.4. The van der Waals surface area contributed by atoms with Gasteiger partial charge in [-0.1, -0.05) is 6.42 Å². The summed E-state index contributed by atoms with van der Waals surface area (Å²) >= 11 is 0. The first-order valence-corrected chi connectivity index (χ1v) is 5.82. The number of nitrogens with zero attached hydrogens (tertiary/aromatic N) is 1. The molecule has 0 aromatic heterocycles. The molecular formula is C11H18F3NO2. The summed E-state index contributed by atoms with van der Waals surface area (Å²) in [6.45, 7) is 2.13. The Morgan fingerprint density at radius 2 is 2.12 bits per heavy atom. The maximum absolute atomic E-state index is 11.8. The van der Waals surface area contributed by atoms with Crippen LogP contribution in [0.25, 0.3) is 0 Å². The monoisotopic (exact) mass is 253 g/mol. The van der Waals surface area contributed by atoms with Crippen LogP contribution in [0.1, 0.15) is 32.6 Å². The minimum absolute atomic E-state index is 0.0816. The van der Waals surface area contributed by atoms with Gasteiger partial charge in [0.25, 0.3) is 0 Å². The number of piperidine rings is 1. The molecule has 0 N–H and O–H groups in total. The fraction of sp³-hybridized carbons (Fsp3) is 0.909. The third-order valence-electron chi connectivity index (χ3n) is 2.92. The van der Waals surface area contributed by atoms with Gasteiger partial charge in [0.05, 0.1) is 6.61 Å². The van der Waals surface area contributed by atoms with Crippen LogP contribution in [-0.2, 0) is 9.53 Å². The Balaban J connectivity index is 2.35. The molecule has 0 saturated carbocycles. The average Bonchev–Trinajstić information content (AvgIpc) is 2.18. The smallest absolute Gasteiger partial charge is 0.300 e. The van der Waals surface area contributed by atoms with Crippen LogP contribution < -0.4 is 0 Å². The second-order valence-corrected chi connectivity index (χ2v) is 4.39. The van der Waals surface area contributed by atoms with E-state index in [0.717, 1.165) is 25.8 Å². The van der Waals surface area contributed by atoms with E-state index in [1.807, 2.05) is 4.90 Å². The molecule has 1 unspecified atom stereocenters. The number of halogens is 3. The lowest BCUT2D eigenvalue weighted by molar-refractivity contribution is -0.325. The molecule has 1 aliphatic rings. The van der Waals surface area contributed by atoms with E-state index >= 15 is 0 Å². The zero-order chi connectivity index (χ0) is 12.9. The van der Waals surface area contributed by atoms with Gasteiger partial charge in [0.1, 0.15) is 5.78 Å². The van der Waals surface area contributed by atoms with Gasteiger partial charge in [0.15, 0.2) is 0 Å². The minimum Gasteiger partial charge on any atom is -0.300 e. The predicted octanol–water partition coefficient (Wildman–Crippen LogP) is 2.36. The fourth-order valence-electron chi connectivity index (χ4n) is 2.20. The SMILES string of the molecule is CC(=O)CC1CCCCN1CCOC(F)(F)F. The Morgan fingerprint density at radius 3 is 2.71 bits per heavy atom. The maximum atomic E-state index is 11.8. The summed E-state index contributed by atoms with van der Waals surface area (Å²) in [5.41, 5.74) is 0. The molecule has 3 nitrogen and oxygen atoms in total. The molecule has 0 bridgehead atoms. The van der Waals surface area contributed by atoms with Crippen molar-refractivity contribution in [3.8, 4) is 0 Å². The third kappa shape index (κ3) is 6.02. The lowest BCUT2D eigenvalue weighted by Gasteiger charge is -2.35. The van der Waals surface area contributed by atoms with Gasteiger partial charge in [0.2, 0.25) is 0 Å². The van der Waals surface area contributed by atoms with Crippen molar-refractivity contribution in [3.05, 3.63) is 0 Å². The van der Waals surface area contributed by atoms with Gasteiger partial charge in [-0.2, -0.15) is 0 Å². The van der Waals surface area contributed by atoms with Crippen molar-refractivity contribution in [1.29, 1.82) is 0 Å². The van der Waals surface area contributed by atoms with E-state index in [0.29, 0.717) is 6.42 Å². The number of hydrogen-bond donors (Lipinski definition) is 0. The van der Waals surface area contributed by atoms with E-state index in [1.54, 1.807) is 0 Å². The van der Waals surface area contributed by atoms with Gasteiger partial charge in [-0.15, -0.1) is 13.2 Å². The van der Waals surface area contributed by atoms with Crippen LogP contribution in [-0.4, -0.2) is 42.8 Å². The summed E-state index contributed by atoms with van der Waals surface area (Å²) in [5, 5.41) is 0. The largest absolute Gasteiger partial charge is 0.522 e. The quantitative estimate of drug-likeness (QED) is 0.753. The van der Waals surface area contributed by atoms with Gasteiger partial charge in [0, 0.05) is 19.0 Å². The van der Waals surface area contributed by atoms with Gasteiger partial charge in [-0.3, -0.25) is 14.4 Å². The highest BCUT2D eigenvalue weighted by Crippen LogP contribution is 2.21. The molecule has 17 heavy (non-hydrogen) atoms. The van der Waals surface area contributed by atoms with Crippen molar-refractivity contribution < 1.29 is 22.7 Å². The molecule has 6 heteroatoms. The van der Waals surface area contributed by atoms with E-state index in [1.165, 1.54) is 6.92 Å². The van der Waals surface area contributed by atoms with Crippen LogP contribution in [0.15, 0.2) is 0 Å². The lowest BCUT2D eigenvalue weighted by atomic mass is 9.98. The van der Waals surface area contributed by atoms with Crippen molar-refractivity contribution >= 4 is 5.78 Å². The van der Waals surface area contributed by atoms with Gasteiger partial charge < -0.3 is 0 Å². The number of ether oxygens (including phenoxy) is 1. The van der Waals surface area contributed by atoms with Crippen molar-refractivity contribution in [1.82, 2.24) is 4.90 Å². The number of likely N-dealkylation sites (tertiary alicyclic amines) is 1. The Labute approximate surface area is 98.9 Å². The molecule has 1 rings (SSSR count). The van der Waals surface area contributed by atoms with E-state index in [-0.39, 0.29) is 25.0 Å². The Bertz CT molecular complexity index is 256. The number of carbonyl (C=O) groups excluding carboxylic acids is 1. The predicted molar refractivity (Wildman–Crippen MR) is 56.5 cm³/mol. The van der Waals surface area contributed by atoms with Crippen LogP contribution in [0.5, 0.6) is 0 Å². The molecule has 1 atom stereocenters. The summed E-state index contributed by atoms with van der Waals surface area (Å²) in [4.78, 5) is 13.0. The molecule has 1 heterocycles. The molecule has 0 spiro atoms. The van der Waals surface area contributed by atoms with Gasteiger partial charge in [-0.05, 0) is 26.3 Å². The normalized spacial score (nSPS) is 22.7. The zero-order valence-electron chi connectivity index (χ0n) is 9.92. The molecule has 0 aromatic rings. The Hall–Kier alpha value is -0.620. The summed E-state index contributed by atoms with van der Waals surface area (Å²) in [6, 6.07) is 0.0816. The number of alkyl halides is 3. The molecule has 100 valence electrons. The molecule has 0 radical (unpaired) electrons. The molecule has 1 saturated heterocycles. The minimum atomic E-state index is -4.56. The Morgan fingerprint density at radius 1 is 1.41 bits per heavy atom. The lowest BCUT2D eigenvalue weighted by Crippen LogP contribution is -2.42.